The number of nitrogens with one attached hydrogen (secondary N) is 1. The van der Waals surface area contributed by atoms with Crippen molar-refractivity contribution >= 4 is 17.7 Å². The minimum absolute atomic E-state index is 0.166. The standard InChI is InChI=1S/C20H23NOS/c22-19(21-18-13-7-8-14-18)15-23-20(16-9-3-1-4-10-16)17-11-5-2-6-12-17/h1-6,9-12,18,20H,7-8,13-15H2,(H,21,22). The SMILES string of the molecule is O=C(CSC(c1ccccc1)c1ccccc1)NC1CCCC1. The Morgan fingerprint density at radius 3 is 2.00 bits per heavy atom. The second kappa shape index (κ2) is 8.21. The van der Waals surface area contributed by atoms with Crippen molar-refractivity contribution in [1.29, 1.82) is 0 Å². The highest BCUT2D eigenvalue weighted by Gasteiger charge is 2.19. The normalized spacial score (nSPS) is 15.0. The fourth-order valence-corrected chi connectivity index (χ4v) is 4.24. The van der Waals surface area contributed by atoms with Crippen LogP contribution < -0.4 is 5.32 Å². The summed E-state index contributed by atoms with van der Waals surface area (Å²) in [4.78, 5) is 12.2. The Kier molecular flexibility index (Phi) is 5.76. The van der Waals surface area contributed by atoms with Crippen LogP contribution in [0.1, 0.15) is 42.1 Å². The average Bonchev–Trinajstić information content (AvgIpc) is 3.10. The van der Waals surface area contributed by atoms with E-state index in [-0.39, 0.29) is 11.2 Å². The minimum Gasteiger partial charge on any atom is -0.353 e. The molecule has 1 N–H and O–H groups in total. The van der Waals surface area contributed by atoms with Crippen LogP contribution in [-0.2, 0) is 4.79 Å². The van der Waals surface area contributed by atoms with Gasteiger partial charge in [-0.05, 0) is 24.0 Å². The summed E-state index contributed by atoms with van der Waals surface area (Å²) in [6, 6.07) is 21.3. The summed E-state index contributed by atoms with van der Waals surface area (Å²) >= 11 is 1.71. The quantitative estimate of drug-likeness (QED) is 0.843. The molecule has 3 heteroatoms. The van der Waals surface area contributed by atoms with E-state index in [0.717, 1.165) is 12.8 Å². The number of carbonyl (C=O) groups is 1. The third kappa shape index (κ3) is 4.61. The van der Waals surface area contributed by atoms with Gasteiger partial charge in [0.25, 0.3) is 0 Å². The summed E-state index contributed by atoms with van der Waals surface area (Å²) in [5.74, 6) is 0.670. The lowest BCUT2D eigenvalue weighted by Gasteiger charge is -2.18. The Balaban J connectivity index is 1.65. The zero-order chi connectivity index (χ0) is 15.9. The van der Waals surface area contributed by atoms with E-state index in [2.05, 4.69) is 53.8 Å². The van der Waals surface area contributed by atoms with Crippen molar-refractivity contribution in [3.8, 4) is 0 Å². The van der Waals surface area contributed by atoms with E-state index >= 15 is 0 Å². The van der Waals surface area contributed by atoms with Gasteiger partial charge in [0.1, 0.15) is 0 Å². The number of hydrogen-bond donors (Lipinski definition) is 1. The van der Waals surface area contributed by atoms with Crippen molar-refractivity contribution in [2.45, 2.75) is 37.0 Å². The Bertz CT molecular complexity index is 569. The van der Waals surface area contributed by atoms with Gasteiger partial charge >= 0.3 is 0 Å². The predicted molar refractivity (Wildman–Crippen MR) is 97.6 cm³/mol. The van der Waals surface area contributed by atoms with Crippen LogP contribution in [0.15, 0.2) is 60.7 Å². The zero-order valence-electron chi connectivity index (χ0n) is 13.3. The molecular formula is C20H23NOS. The van der Waals surface area contributed by atoms with Gasteiger partial charge in [-0.15, -0.1) is 11.8 Å². The molecule has 0 saturated heterocycles. The van der Waals surface area contributed by atoms with E-state index < -0.39 is 0 Å². The fraction of sp³-hybridized carbons (Fsp3) is 0.350. The molecule has 1 saturated carbocycles. The van der Waals surface area contributed by atoms with E-state index in [9.17, 15) is 4.79 Å². The first kappa shape index (κ1) is 16.1. The maximum absolute atomic E-state index is 12.2. The van der Waals surface area contributed by atoms with Gasteiger partial charge in [-0.25, -0.2) is 0 Å². The van der Waals surface area contributed by atoms with Gasteiger partial charge in [0.2, 0.25) is 5.91 Å². The van der Waals surface area contributed by atoms with Crippen LogP contribution in [0.3, 0.4) is 0 Å². The summed E-state index contributed by atoms with van der Waals surface area (Å²) in [6.07, 6.45) is 4.76. The summed E-state index contributed by atoms with van der Waals surface area (Å²) in [5, 5.41) is 3.38. The van der Waals surface area contributed by atoms with Gasteiger partial charge in [-0.1, -0.05) is 73.5 Å². The topological polar surface area (TPSA) is 29.1 Å². The van der Waals surface area contributed by atoms with Crippen molar-refractivity contribution in [1.82, 2.24) is 5.32 Å². The molecule has 0 aliphatic heterocycles. The third-order valence-corrected chi connectivity index (χ3v) is 5.61. The number of thioether (sulfide) groups is 1. The van der Waals surface area contributed by atoms with E-state index in [4.69, 9.17) is 0 Å². The summed E-state index contributed by atoms with van der Waals surface area (Å²) in [7, 11) is 0. The summed E-state index contributed by atoms with van der Waals surface area (Å²) < 4.78 is 0. The van der Waals surface area contributed by atoms with Gasteiger partial charge < -0.3 is 5.32 Å². The molecule has 2 nitrogen and oxygen atoms in total. The smallest absolute Gasteiger partial charge is 0.230 e. The molecule has 120 valence electrons. The maximum Gasteiger partial charge on any atom is 0.230 e. The van der Waals surface area contributed by atoms with Gasteiger partial charge in [0, 0.05) is 6.04 Å². The molecule has 2 aromatic rings. The monoisotopic (exact) mass is 325 g/mol. The molecule has 2 aromatic carbocycles. The van der Waals surface area contributed by atoms with Crippen LogP contribution in [-0.4, -0.2) is 17.7 Å². The molecule has 0 spiro atoms. The van der Waals surface area contributed by atoms with E-state index in [0.29, 0.717) is 11.8 Å². The van der Waals surface area contributed by atoms with Crippen molar-refractivity contribution in [3.05, 3.63) is 71.8 Å². The first-order valence-corrected chi connectivity index (χ1v) is 9.38. The molecule has 0 atom stereocenters. The molecule has 1 fully saturated rings. The summed E-state index contributed by atoms with van der Waals surface area (Å²) in [5.41, 5.74) is 2.50. The van der Waals surface area contributed by atoms with Crippen LogP contribution in [0, 0.1) is 0 Å². The first-order chi connectivity index (χ1) is 11.3. The van der Waals surface area contributed by atoms with Crippen LogP contribution in [0.5, 0.6) is 0 Å². The molecule has 3 rings (SSSR count). The maximum atomic E-state index is 12.2. The molecule has 0 unspecified atom stereocenters. The lowest BCUT2D eigenvalue weighted by molar-refractivity contribution is -0.119. The third-order valence-electron chi connectivity index (χ3n) is 4.31. The average molecular weight is 325 g/mol. The number of carbonyl (C=O) groups excluding carboxylic acids is 1. The van der Waals surface area contributed by atoms with E-state index in [1.165, 1.54) is 24.0 Å². The van der Waals surface area contributed by atoms with Crippen LogP contribution in [0.2, 0.25) is 0 Å². The van der Waals surface area contributed by atoms with Gasteiger partial charge in [0.05, 0.1) is 11.0 Å². The van der Waals surface area contributed by atoms with Gasteiger partial charge in [0.15, 0.2) is 0 Å². The molecule has 0 aromatic heterocycles. The number of amides is 1. The molecule has 1 aliphatic rings. The second-order valence-electron chi connectivity index (χ2n) is 6.06. The van der Waals surface area contributed by atoms with E-state index in [1.54, 1.807) is 11.8 Å². The number of benzene rings is 2. The molecule has 23 heavy (non-hydrogen) atoms. The number of hydrogen-bond acceptors (Lipinski definition) is 2. The lowest BCUT2D eigenvalue weighted by atomic mass is 10.0. The zero-order valence-corrected chi connectivity index (χ0v) is 14.1. The molecule has 1 amide bonds. The molecule has 0 radical (unpaired) electrons. The molecule has 1 aliphatic carbocycles. The Morgan fingerprint density at radius 1 is 0.957 bits per heavy atom. The number of rotatable bonds is 6. The minimum atomic E-state index is 0.166. The Labute approximate surface area is 142 Å². The second-order valence-corrected chi connectivity index (χ2v) is 7.15. The predicted octanol–water partition coefficient (Wildman–Crippen LogP) is 4.57. The van der Waals surface area contributed by atoms with E-state index in [1.807, 2.05) is 12.1 Å². The van der Waals surface area contributed by atoms with Crippen molar-refractivity contribution < 1.29 is 4.79 Å². The molecule has 0 bridgehead atoms. The highest BCUT2D eigenvalue weighted by molar-refractivity contribution is 8.00. The summed E-state index contributed by atoms with van der Waals surface area (Å²) in [6.45, 7) is 0. The van der Waals surface area contributed by atoms with Crippen LogP contribution >= 0.6 is 11.8 Å². The van der Waals surface area contributed by atoms with Gasteiger partial charge in [-0.3, -0.25) is 4.79 Å². The first-order valence-electron chi connectivity index (χ1n) is 8.34. The highest BCUT2D eigenvalue weighted by atomic mass is 32.2. The van der Waals surface area contributed by atoms with Crippen molar-refractivity contribution in [2.75, 3.05) is 5.75 Å². The van der Waals surface area contributed by atoms with Crippen molar-refractivity contribution in [3.63, 3.8) is 0 Å². The van der Waals surface area contributed by atoms with Crippen LogP contribution in [0.25, 0.3) is 0 Å². The highest BCUT2D eigenvalue weighted by Crippen LogP contribution is 2.35. The molecular weight excluding hydrogens is 302 g/mol. The Hall–Kier alpha value is -1.74. The van der Waals surface area contributed by atoms with Gasteiger partial charge in [-0.2, -0.15) is 0 Å². The largest absolute Gasteiger partial charge is 0.353 e. The molecule has 0 heterocycles. The van der Waals surface area contributed by atoms with Crippen LogP contribution in [0.4, 0.5) is 0 Å². The van der Waals surface area contributed by atoms with Crippen molar-refractivity contribution in [2.24, 2.45) is 0 Å². The Morgan fingerprint density at radius 2 is 1.48 bits per heavy atom. The fourth-order valence-electron chi connectivity index (χ4n) is 3.14. The lowest BCUT2D eigenvalue weighted by Crippen LogP contribution is -2.34.